The van der Waals surface area contributed by atoms with Gasteiger partial charge < -0.3 is 19.0 Å². The van der Waals surface area contributed by atoms with Gasteiger partial charge in [-0.15, -0.1) is 11.6 Å². The second-order valence-corrected chi connectivity index (χ2v) is 11.0. The molecule has 9 heteroatoms. The number of benzene rings is 2. The van der Waals surface area contributed by atoms with Gasteiger partial charge in [0, 0.05) is 94.8 Å². The molecule has 2 aromatic heterocycles. The maximum Gasteiger partial charge on any atom is 0.0594 e. The average molecular weight is 655 g/mol. The zero-order valence-electron chi connectivity index (χ0n) is 21.1. The van der Waals surface area contributed by atoms with Gasteiger partial charge in [0.1, 0.15) is 0 Å². The Kier molecular flexibility index (Phi) is 11.8. The summed E-state index contributed by atoms with van der Waals surface area (Å²) in [7, 11) is 0. The number of aromatic amines is 1. The van der Waals surface area contributed by atoms with Crippen LogP contribution in [0.1, 0.15) is 0 Å². The van der Waals surface area contributed by atoms with E-state index in [1.807, 2.05) is 18.3 Å². The summed E-state index contributed by atoms with van der Waals surface area (Å²) in [5.74, 6) is 0.736. The van der Waals surface area contributed by atoms with Crippen molar-refractivity contribution in [3.63, 3.8) is 0 Å². The van der Waals surface area contributed by atoms with Crippen LogP contribution in [0.5, 0.6) is 0 Å². The van der Waals surface area contributed by atoms with Gasteiger partial charge in [0.25, 0.3) is 0 Å². The fourth-order valence-corrected chi connectivity index (χ4v) is 5.67. The molecule has 0 aliphatic carbocycles. The Labute approximate surface area is 241 Å². The topological polar surface area (TPSA) is 45.7 Å². The summed E-state index contributed by atoms with van der Waals surface area (Å²) >= 11 is 12.6. The lowest BCUT2D eigenvalue weighted by Gasteiger charge is -2.26. The number of morpholine rings is 2. The van der Waals surface area contributed by atoms with Crippen molar-refractivity contribution in [2.45, 2.75) is 6.54 Å². The van der Waals surface area contributed by atoms with E-state index in [-0.39, 0.29) is 0 Å². The molecule has 4 heterocycles. The fourth-order valence-electron chi connectivity index (χ4n) is 4.45. The van der Waals surface area contributed by atoms with E-state index < -0.39 is 0 Å². The third kappa shape index (κ3) is 8.55. The predicted molar refractivity (Wildman–Crippen MR) is 161 cm³/mol. The Balaban J connectivity index is 0.000000143. The van der Waals surface area contributed by atoms with Crippen molar-refractivity contribution < 1.29 is 9.47 Å². The number of halogens is 3. The third-order valence-corrected chi connectivity index (χ3v) is 8.12. The van der Waals surface area contributed by atoms with E-state index in [0.717, 1.165) is 82.6 Å². The molecule has 0 amide bonds. The van der Waals surface area contributed by atoms with E-state index in [1.165, 1.54) is 26.3 Å². The molecule has 0 saturated carbocycles. The lowest BCUT2D eigenvalue weighted by atomic mass is 10.2. The first-order valence-electron chi connectivity index (χ1n) is 12.8. The predicted octanol–water partition coefficient (Wildman–Crippen LogP) is 6.22. The van der Waals surface area contributed by atoms with Crippen LogP contribution in [0, 0.1) is 0 Å². The van der Waals surface area contributed by atoms with Crippen molar-refractivity contribution in [2.24, 2.45) is 0 Å². The van der Waals surface area contributed by atoms with Gasteiger partial charge in [0.05, 0.1) is 26.4 Å². The molecule has 0 atom stereocenters. The molecule has 4 aromatic rings. The molecule has 0 bridgehead atoms. The first-order valence-corrected chi connectivity index (χ1v) is 14.9. The van der Waals surface area contributed by atoms with Gasteiger partial charge in [-0.2, -0.15) is 0 Å². The quantitative estimate of drug-likeness (QED) is 0.260. The Morgan fingerprint density at radius 1 is 0.730 bits per heavy atom. The molecule has 0 unspecified atom stereocenters. The fraction of sp³-hybridized carbons (Fsp3) is 0.429. The van der Waals surface area contributed by atoms with E-state index in [2.05, 4.69) is 93.8 Å². The number of nitrogens with one attached hydrogen (secondary N) is 1. The SMILES string of the molecule is Brc1cccc2[nH]ccc12.Brc1cccc2c1ccn2CCN1CCOCC1.ClCCN1CCOCC1. The maximum atomic E-state index is 5.55. The normalized spacial score (nSPS) is 16.7. The monoisotopic (exact) mass is 652 g/mol. The molecular formula is C28H35Br2ClN4O2. The molecule has 2 aliphatic heterocycles. The third-order valence-electron chi connectivity index (χ3n) is 6.57. The van der Waals surface area contributed by atoms with Crippen LogP contribution in [0.25, 0.3) is 21.8 Å². The van der Waals surface area contributed by atoms with Gasteiger partial charge in [-0.3, -0.25) is 9.80 Å². The Hall–Kier alpha value is -1.39. The summed E-state index contributed by atoms with van der Waals surface area (Å²) in [5.41, 5.74) is 2.48. The largest absolute Gasteiger partial charge is 0.379 e. The number of alkyl halides is 1. The molecule has 1 N–H and O–H groups in total. The maximum absolute atomic E-state index is 5.55. The van der Waals surface area contributed by atoms with Crippen LogP contribution in [0.2, 0.25) is 0 Å². The minimum Gasteiger partial charge on any atom is -0.379 e. The molecule has 0 spiro atoms. The average Bonchev–Trinajstić information content (AvgIpc) is 3.59. The summed E-state index contributed by atoms with van der Waals surface area (Å²) < 4.78 is 15.2. The second-order valence-electron chi connectivity index (χ2n) is 8.96. The minimum atomic E-state index is 0.736. The number of fused-ring (bicyclic) bond motifs is 2. The molecule has 2 aliphatic rings. The van der Waals surface area contributed by atoms with E-state index in [9.17, 15) is 0 Å². The second kappa shape index (κ2) is 15.3. The van der Waals surface area contributed by atoms with Crippen molar-refractivity contribution >= 4 is 65.3 Å². The molecule has 6 rings (SSSR count). The van der Waals surface area contributed by atoms with Crippen LogP contribution >= 0.6 is 43.5 Å². The lowest BCUT2D eigenvalue weighted by molar-refractivity contribution is 0.0365. The Morgan fingerprint density at radius 3 is 2.00 bits per heavy atom. The lowest BCUT2D eigenvalue weighted by Crippen LogP contribution is -2.38. The van der Waals surface area contributed by atoms with Crippen LogP contribution in [0.4, 0.5) is 0 Å². The van der Waals surface area contributed by atoms with Crippen LogP contribution < -0.4 is 0 Å². The van der Waals surface area contributed by atoms with Gasteiger partial charge in [-0.1, -0.05) is 44.0 Å². The summed E-state index contributed by atoms with van der Waals surface area (Å²) in [5, 5.41) is 2.53. The zero-order valence-corrected chi connectivity index (χ0v) is 25.0. The first-order chi connectivity index (χ1) is 18.2. The Morgan fingerprint density at radius 2 is 1.35 bits per heavy atom. The van der Waals surface area contributed by atoms with E-state index in [0.29, 0.717) is 0 Å². The highest BCUT2D eigenvalue weighted by molar-refractivity contribution is 9.11. The van der Waals surface area contributed by atoms with Crippen molar-refractivity contribution in [3.05, 3.63) is 69.9 Å². The van der Waals surface area contributed by atoms with Crippen molar-refractivity contribution in [1.29, 1.82) is 0 Å². The van der Waals surface area contributed by atoms with Gasteiger partial charge in [-0.25, -0.2) is 0 Å². The molecule has 200 valence electrons. The number of H-pyrrole nitrogens is 1. The van der Waals surface area contributed by atoms with Crippen molar-refractivity contribution in [2.75, 3.05) is 71.6 Å². The van der Waals surface area contributed by atoms with Crippen LogP contribution in [-0.4, -0.2) is 90.9 Å². The van der Waals surface area contributed by atoms with Gasteiger partial charge in [0.2, 0.25) is 0 Å². The molecule has 2 saturated heterocycles. The number of ether oxygens (including phenoxy) is 2. The molecule has 37 heavy (non-hydrogen) atoms. The molecule has 0 radical (unpaired) electrons. The number of hydrogen-bond acceptors (Lipinski definition) is 4. The van der Waals surface area contributed by atoms with Gasteiger partial charge in [0.15, 0.2) is 0 Å². The smallest absolute Gasteiger partial charge is 0.0594 e. The number of rotatable bonds is 5. The van der Waals surface area contributed by atoms with E-state index in [1.54, 1.807) is 0 Å². The standard InChI is InChI=1S/C14H17BrN2O.C8H6BrN.C6H12ClNO/c15-13-2-1-3-14-12(13)4-5-17(14)7-6-16-8-10-18-11-9-16;9-7-2-1-3-8-6(7)4-5-10-8;7-1-2-8-3-5-9-6-4-8/h1-5H,6-11H2;1-5,10H;1-6H2. The van der Waals surface area contributed by atoms with Crippen LogP contribution in [0.15, 0.2) is 69.9 Å². The molecule has 2 aromatic carbocycles. The first kappa shape index (κ1) is 28.6. The number of nitrogens with zero attached hydrogens (tertiary/aromatic N) is 3. The van der Waals surface area contributed by atoms with Gasteiger partial charge >= 0.3 is 0 Å². The Bertz CT molecular complexity index is 1220. The highest BCUT2D eigenvalue weighted by atomic mass is 79.9. The van der Waals surface area contributed by atoms with Crippen LogP contribution in [-0.2, 0) is 16.0 Å². The molecule has 2 fully saturated rings. The van der Waals surface area contributed by atoms with E-state index >= 15 is 0 Å². The minimum absolute atomic E-state index is 0.736. The summed E-state index contributed by atoms with van der Waals surface area (Å²) in [6.45, 7) is 10.8. The summed E-state index contributed by atoms with van der Waals surface area (Å²) in [6, 6.07) is 16.7. The zero-order chi connectivity index (χ0) is 25.9. The summed E-state index contributed by atoms with van der Waals surface area (Å²) in [4.78, 5) is 7.91. The van der Waals surface area contributed by atoms with Crippen molar-refractivity contribution in [3.8, 4) is 0 Å². The van der Waals surface area contributed by atoms with E-state index in [4.69, 9.17) is 21.1 Å². The van der Waals surface area contributed by atoms with Crippen molar-refractivity contribution in [1.82, 2.24) is 19.4 Å². The molecular weight excluding hydrogens is 620 g/mol. The highest BCUT2D eigenvalue weighted by Gasteiger charge is 2.11. The molecule has 6 nitrogen and oxygen atoms in total. The summed E-state index contributed by atoms with van der Waals surface area (Å²) in [6.07, 6.45) is 4.12. The number of hydrogen-bond donors (Lipinski definition) is 1. The number of aromatic nitrogens is 2. The van der Waals surface area contributed by atoms with Gasteiger partial charge in [-0.05, 0) is 36.4 Å². The highest BCUT2D eigenvalue weighted by Crippen LogP contribution is 2.24. The van der Waals surface area contributed by atoms with Crippen LogP contribution in [0.3, 0.4) is 0 Å².